The Bertz CT molecular complexity index is 1010. The van der Waals surface area contributed by atoms with Gasteiger partial charge in [0.15, 0.2) is 0 Å². The largest absolute Gasteiger partial charge is 0.378 e. The summed E-state index contributed by atoms with van der Waals surface area (Å²) >= 11 is 0. The lowest BCUT2D eigenvalue weighted by molar-refractivity contribution is -0.00785. The van der Waals surface area contributed by atoms with Crippen molar-refractivity contribution in [1.82, 2.24) is 19.4 Å². The predicted molar refractivity (Wildman–Crippen MR) is 122 cm³/mol. The highest BCUT2D eigenvalue weighted by molar-refractivity contribution is 5.81. The zero-order valence-electron chi connectivity index (χ0n) is 18.0. The molecule has 30 heavy (non-hydrogen) atoms. The lowest BCUT2D eigenvalue weighted by Gasteiger charge is -2.40. The van der Waals surface area contributed by atoms with Crippen molar-refractivity contribution in [2.75, 3.05) is 64.4 Å². The highest BCUT2D eigenvalue weighted by atomic mass is 16.5. The summed E-state index contributed by atoms with van der Waals surface area (Å²) in [4.78, 5) is 12.4. The van der Waals surface area contributed by atoms with Crippen molar-refractivity contribution >= 4 is 16.7 Å². The highest BCUT2D eigenvalue weighted by Crippen LogP contribution is 2.27. The SMILES string of the molecule is CN1CCOCC1CN1CCN(c2cccc(-c3nc4ccccc4n3C)c2)CC1. The van der Waals surface area contributed by atoms with Gasteiger partial charge in [-0.05, 0) is 31.3 Å². The van der Waals surface area contributed by atoms with Gasteiger partial charge in [0.2, 0.25) is 0 Å². The first kappa shape index (κ1) is 19.5. The van der Waals surface area contributed by atoms with E-state index in [1.54, 1.807) is 0 Å². The van der Waals surface area contributed by atoms with Gasteiger partial charge in [0.1, 0.15) is 5.82 Å². The maximum atomic E-state index is 5.68. The topological polar surface area (TPSA) is 36.8 Å². The maximum Gasteiger partial charge on any atom is 0.140 e. The Labute approximate surface area is 178 Å². The third-order valence-electron chi connectivity index (χ3n) is 6.62. The van der Waals surface area contributed by atoms with Gasteiger partial charge in [0.05, 0.1) is 24.2 Å². The van der Waals surface area contributed by atoms with Crippen LogP contribution >= 0.6 is 0 Å². The number of rotatable bonds is 4. The molecule has 0 saturated carbocycles. The van der Waals surface area contributed by atoms with E-state index in [0.717, 1.165) is 63.8 Å². The van der Waals surface area contributed by atoms with Crippen molar-refractivity contribution in [2.24, 2.45) is 7.05 Å². The fourth-order valence-corrected chi connectivity index (χ4v) is 4.66. The molecule has 3 aromatic rings. The van der Waals surface area contributed by atoms with Crippen molar-refractivity contribution in [1.29, 1.82) is 0 Å². The second-order valence-electron chi connectivity index (χ2n) is 8.53. The molecule has 6 nitrogen and oxygen atoms in total. The summed E-state index contributed by atoms with van der Waals surface area (Å²) in [6, 6.07) is 17.7. The van der Waals surface area contributed by atoms with Crippen molar-refractivity contribution in [3.63, 3.8) is 0 Å². The normalized spacial score (nSPS) is 21.4. The molecule has 2 saturated heterocycles. The van der Waals surface area contributed by atoms with E-state index in [2.05, 4.69) is 75.8 Å². The van der Waals surface area contributed by atoms with Crippen LogP contribution in [0.5, 0.6) is 0 Å². The molecule has 1 aromatic heterocycles. The van der Waals surface area contributed by atoms with Crippen LogP contribution in [0.1, 0.15) is 0 Å². The van der Waals surface area contributed by atoms with E-state index in [1.165, 1.54) is 16.8 Å². The van der Waals surface area contributed by atoms with E-state index in [-0.39, 0.29) is 0 Å². The van der Waals surface area contributed by atoms with Crippen molar-refractivity contribution in [3.05, 3.63) is 48.5 Å². The van der Waals surface area contributed by atoms with Gasteiger partial charge in [-0.3, -0.25) is 9.80 Å². The van der Waals surface area contributed by atoms with Crippen LogP contribution < -0.4 is 4.90 Å². The molecule has 2 aliphatic rings. The molecule has 158 valence electrons. The molecule has 1 unspecified atom stereocenters. The summed E-state index contributed by atoms with van der Waals surface area (Å²) in [6.45, 7) is 8.18. The van der Waals surface area contributed by atoms with E-state index in [1.807, 2.05) is 6.07 Å². The van der Waals surface area contributed by atoms with Crippen LogP contribution in [0.2, 0.25) is 0 Å². The van der Waals surface area contributed by atoms with Crippen LogP contribution in [0, 0.1) is 0 Å². The van der Waals surface area contributed by atoms with Gasteiger partial charge in [-0.15, -0.1) is 0 Å². The average molecular weight is 406 g/mol. The van der Waals surface area contributed by atoms with Gasteiger partial charge in [0.25, 0.3) is 0 Å². The van der Waals surface area contributed by atoms with Crippen molar-refractivity contribution in [3.8, 4) is 11.4 Å². The summed E-state index contributed by atoms with van der Waals surface area (Å²) in [6.07, 6.45) is 0. The van der Waals surface area contributed by atoms with E-state index in [0.29, 0.717) is 6.04 Å². The minimum atomic E-state index is 0.520. The third kappa shape index (κ3) is 3.83. The molecule has 0 amide bonds. The van der Waals surface area contributed by atoms with Crippen molar-refractivity contribution < 1.29 is 4.74 Å². The molecule has 6 heteroatoms. The monoisotopic (exact) mass is 405 g/mol. The maximum absolute atomic E-state index is 5.68. The number of ether oxygens (including phenoxy) is 1. The fraction of sp³-hybridized carbons (Fsp3) is 0.458. The quantitative estimate of drug-likeness (QED) is 0.667. The molecule has 0 radical (unpaired) electrons. The van der Waals surface area contributed by atoms with E-state index < -0.39 is 0 Å². The molecular formula is C24H31N5O. The predicted octanol–water partition coefficient (Wildman–Crippen LogP) is 2.69. The molecule has 1 atom stereocenters. The Morgan fingerprint density at radius 3 is 2.60 bits per heavy atom. The number of para-hydroxylation sites is 2. The Hall–Kier alpha value is -2.41. The van der Waals surface area contributed by atoms with Crippen LogP contribution in [-0.4, -0.2) is 84.9 Å². The van der Waals surface area contributed by atoms with Crippen LogP contribution in [0.4, 0.5) is 5.69 Å². The zero-order chi connectivity index (χ0) is 20.5. The Balaban J connectivity index is 1.27. The number of likely N-dealkylation sites (N-methyl/N-ethyl adjacent to an activating group) is 1. The number of piperazine rings is 1. The van der Waals surface area contributed by atoms with E-state index in [9.17, 15) is 0 Å². The Morgan fingerprint density at radius 1 is 0.967 bits per heavy atom. The molecule has 3 heterocycles. The minimum Gasteiger partial charge on any atom is -0.378 e. The van der Waals surface area contributed by atoms with Crippen LogP contribution in [-0.2, 0) is 11.8 Å². The summed E-state index contributed by atoms with van der Waals surface area (Å²) in [5, 5.41) is 0. The van der Waals surface area contributed by atoms with Crippen LogP contribution in [0.25, 0.3) is 22.4 Å². The lowest BCUT2D eigenvalue weighted by Crippen LogP contribution is -2.54. The van der Waals surface area contributed by atoms with Gasteiger partial charge in [-0.2, -0.15) is 0 Å². The summed E-state index contributed by atoms with van der Waals surface area (Å²) in [5.41, 5.74) is 4.68. The number of fused-ring (bicyclic) bond motifs is 1. The molecule has 0 aliphatic carbocycles. The molecule has 0 N–H and O–H groups in total. The number of aromatic nitrogens is 2. The first-order chi connectivity index (χ1) is 14.7. The molecule has 0 bridgehead atoms. The van der Waals surface area contributed by atoms with E-state index >= 15 is 0 Å². The number of anilines is 1. The minimum absolute atomic E-state index is 0.520. The first-order valence-electron chi connectivity index (χ1n) is 11.0. The third-order valence-corrected chi connectivity index (χ3v) is 6.62. The number of morpholine rings is 1. The Morgan fingerprint density at radius 2 is 1.80 bits per heavy atom. The van der Waals surface area contributed by atoms with Gasteiger partial charge in [0, 0.05) is 63.6 Å². The zero-order valence-corrected chi connectivity index (χ0v) is 18.0. The molecule has 2 aromatic carbocycles. The van der Waals surface area contributed by atoms with Gasteiger partial charge in [-0.25, -0.2) is 4.98 Å². The summed E-state index contributed by atoms with van der Waals surface area (Å²) in [7, 11) is 4.32. The van der Waals surface area contributed by atoms with Gasteiger partial charge >= 0.3 is 0 Å². The number of aryl methyl sites for hydroxylation is 1. The lowest BCUT2D eigenvalue weighted by atomic mass is 10.1. The molecule has 2 fully saturated rings. The highest BCUT2D eigenvalue weighted by Gasteiger charge is 2.25. The summed E-state index contributed by atoms with van der Waals surface area (Å²) < 4.78 is 7.87. The summed E-state index contributed by atoms with van der Waals surface area (Å²) in [5.74, 6) is 1.03. The van der Waals surface area contributed by atoms with E-state index in [4.69, 9.17) is 9.72 Å². The van der Waals surface area contributed by atoms with Crippen LogP contribution in [0.15, 0.2) is 48.5 Å². The number of benzene rings is 2. The molecule has 2 aliphatic heterocycles. The van der Waals surface area contributed by atoms with Crippen molar-refractivity contribution in [2.45, 2.75) is 6.04 Å². The number of imidazole rings is 1. The number of hydrogen-bond donors (Lipinski definition) is 0. The smallest absolute Gasteiger partial charge is 0.140 e. The molecule has 5 rings (SSSR count). The second-order valence-corrected chi connectivity index (χ2v) is 8.53. The fourth-order valence-electron chi connectivity index (χ4n) is 4.66. The number of hydrogen-bond acceptors (Lipinski definition) is 5. The number of nitrogens with zero attached hydrogens (tertiary/aromatic N) is 5. The molecular weight excluding hydrogens is 374 g/mol. The first-order valence-corrected chi connectivity index (χ1v) is 11.0. The molecule has 0 spiro atoms. The Kier molecular flexibility index (Phi) is 5.46. The second kappa shape index (κ2) is 8.38. The van der Waals surface area contributed by atoms with Crippen LogP contribution in [0.3, 0.4) is 0 Å². The standard InChI is InChI=1S/C24H31N5O/c1-26-14-15-30-18-21(26)17-28-10-12-29(13-11-28)20-7-5-6-19(16-20)24-25-22-8-3-4-9-23(22)27(24)2/h3-9,16,21H,10-15,17-18H2,1-2H3. The van der Waals surface area contributed by atoms with Gasteiger partial charge in [-0.1, -0.05) is 24.3 Å². The average Bonchev–Trinajstić information content (AvgIpc) is 3.13. The van der Waals surface area contributed by atoms with Gasteiger partial charge < -0.3 is 14.2 Å².